The highest BCUT2D eigenvalue weighted by atomic mass is 32.2. The zero-order valence-electron chi connectivity index (χ0n) is 13.4. The number of aromatic carboxylic acids is 1. The van der Waals surface area contributed by atoms with E-state index in [9.17, 15) is 29.9 Å². The lowest BCUT2D eigenvalue weighted by Gasteiger charge is -2.02. The molecule has 2 aromatic rings. The van der Waals surface area contributed by atoms with E-state index in [0.29, 0.717) is 10.5 Å². The molecule has 1 amide bonds. The van der Waals surface area contributed by atoms with Gasteiger partial charge in [0.2, 0.25) is 0 Å². The van der Waals surface area contributed by atoms with E-state index in [4.69, 9.17) is 0 Å². The number of aromatic hydroxyl groups is 1. The highest BCUT2D eigenvalue weighted by Crippen LogP contribution is 2.30. The largest absolute Gasteiger partial charge is 0.508 e. The number of aliphatic imine (C=N–C) groups is 1. The summed E-state index contributed by atoms with van der Waals surface area (Å²) in [6.07, 6.45) is 1.54. The lowest BCUT2D eigenvalue weighted by Crippen LogP contribution is -2.19. The number of thioether (sulfide) groups is 1. The zero-order valence-corrected chi connectivity index (χ0v) is 14.3. The Morgan fingerprint density at radius 1 is 1.22 bits per heavy atom. The molecular formula is C17H11N3O6S. The van der Waals surface area contributed by atoms with Gasteiger partial charge in [-0.05, 0) is 53.7 Å². The summed E-state index contributed by atoms with van der Waals surface area (Å²) in [5, 5.41) is 32.0. The van der Waals surface area contributed by atoms with Gasteiger partial charge in [-0.25, -0.2) is 9.79 Å². The number of nitro groups is 1. The van der Waals surface area contributed by atoms with Crippen LogP contribution in [0.25, 0.3) is 6.08 Å². The molecule has 0 aliphatic carbocycles. The fourth-order valence-corrected chi connectivity index (χ4v) is 3.06. The molecule has 1 aliphatic heterocycles. The topological polar surface area (TPSA) is 142 Å². The van der Waals surface area contributed by atoms with Gasteiger partial charge in [-0.3, -0.25) is 14.9 Å². The van der Waals surface area contributed by atoms with Gasteiger partial charge in [0, 0.05) is 12.1 Å². The predicted molar refractivity (Wildman–Crippen MR) is 99.0 cm³/mol. The Morgan fingerprint density at radius 2 is 1.93 bits per heavy atom. The summed E-state index contributed by atoms with van der Waals surface area (Å²) in [6.45, 7) is 0. The monoisotopic (exact) mass is 385 g/mol. The molecular weight excluding hydrogens is 374 g/mol. The summed E-state index contributed by atoms with van der Waals surface area (Å²) in [5.41, 5.74) is 0.414. The molecule has 0 aromatic heterocycles. The van der Waals surface area contributed by atoms with Crippen molar-refractivity contribution in [3.63, 3.8) is 0 Å². The number of hydrogen-bond donors (Lipinski definition) is 3. The number of rotatable bonds is 4. The highest BCUT2D eigenvalue weighted by molar-refractivity contribution is 8.18. The number of carboxylic acids is 1. The number of carboxylic acid groups (broad SMARTS) is 1. The van der Waals surface area contributed by atoms with Crippen LogP contribution < -0.4 is 5.32 Å². The summed E-state index contributed by atoms with van der Waals surface area (Å²) in [6, 6.07) is 9.37. The van der Waals surface area contributed by atoms with Gasteiger partial charge in [-0.15, -0.1) is 0 Å². The van der Waals surface area contributed by atoms with Gasteiger partial charge in [-0.1, -0.05) is 0 Å². The SMILES string of the molecule is O=C1NC(=Nc2ccc(O)cc2C(=O)O)S/C1=C\c1ccc([N+](=O)[O-])cc1. The van der Waals surface area contributed by atoms with Gasteiger partial charge < -0.3 is 15.5 Å². The van der Waals surface area contributed by atoms with Crippen molar-refractivity contribution >= 4 is 46.3 Å². The van der Waals surface area contributed by atoms with Crippen LogP contribution in [0.2, 0.25) is 0 Å². The molecule has 0 atom stereocenters. The Balaban J connectivity index is 1.86. The van der Waals surface area contributed by atoms with Gasteiger partial charge in [0.15, 0.2) is 5.17 Å². The molecule has 1 heterocycles. The quantitative estimate of drug-likeness (QED) is 0.417. The van der Waals surface area contributed by atoms with Crippen LogP contribution in [0.5, 0.6) is 5.75 Å². The Bertz CT molecular complexity index is 1010. The first-order valence-corrected chi connectivity index (χ1v) is 8.25. The third-order valence-electron chi connectivity index (χ3n) is 3.49. The standard InChI is InChI=1S/C17H11N3O6S/c21-11-5-6-13(12(8-11)16(23)24)18-17-19-15(22)14(27-17)7-9-1-3-10(4-2-9)20(25)26/h1-8,21H,(H,23,24)(H,18,19,22)/b14-7-. The minimum Gasteiger partial charge on any atom is -0.508 e. The maximum Gasteiger partial charge on any atom is 0.338 e. The van der Waals surface area contributed by atoms with E-state index >= 15 is 0 Å². The van der Waals surface area contributed by atoms with E-state index in [2.05, 4.69) is 10.3 Å². The summed E-state index contributed by atoms with van der Waals surface area (Å²) >= 11 is 1.00. The van der Waals surface area contributed by atoms with Crippen molar-refractivity contribution < 1.29 is 24.7 Å². The van der Waals surface area contributed by atoms with Crippen molar-refractivity contribution in [3.05, 3.63) is 68.6 Å². The number of phenolic OH excluding ortho intramolecular Hbond substituents is 1. The Kier molecular flexibility index (Phi) is 4.90. The smallest absolute Gasteiger partial charge is 0.338 e. The van der Waals surface area contributed by atoms with Crippen LogP contribution in [0.1, 0.15) is 15.9 Å². The van der Waals surface area contributed by atoms with Crippen molar-refractivity contribution in [2.45, 2.75) is 0 Å². The van der Waals surface area contributed by atoms with Gasteiger partial charge >= 0.3 is 5.97 Å². The fourth-order valence-electron chi connectivity index (χ4n) is 2.23. The number of carbonyl (C=O) groups excluding carboxylic acids is 1. The van der Waals surface area contributed by atoms with Gasteiger partial charge in [0.25, 0.3) is 11.6 Å². The van der Waals surface area contributed by atoms with Crippen LogP contribution in [-0.2, 0) is 4.79 Å². The third kappa shape index (κ3) is 4.12. The molecule has 0 radical (unpaired) electrons. The third-order valence-corrected chi connectivity index (χ3v) is 4.39. The Morgan fingerprint density at radius 3 is 2.56 bits per heavy atom. The van der Waals surface area contributed by atoms with E-state index in [-0.39, 0.29) is 27.9 Å². The van der Waals surface area contributed by atoms with Crippen LogP contribution >= 0.6 is 11.8 Å². The summed E-state index contributed by atoms with van der Waals surface area (Å²) in [4.78, 5) is 37.9. The number of amidine groups is 1. The number of carbonyl (C=O) groups is 2. The summed E-state index contributed by atoms with van der Waals surface area (Å²) in [7, 11) is 0. The first-order chi connectivity index (χ1) is 12.8. The molecule has 27 heavy (non-hydrogen) atoms. The summed E-state index contributed by atoms with van der Waals surface area (Å²) in [5.74, 6) is -1.90. The normalized spacial score (nSPS) is 16.5. The number of nitrogens with zero attached hydrogens (tertiary/aromatic N) is 2. The minimum absolute atomic E-state index is 0.0588. The minimum atomic E-state index is -1.26. The second-order valence-electron chi connectivity index (χ2n) is 5.34. The number of hydrogen-bond acceptors (Lipinski definition) is 7. The van der Waals surface area contributed by atoms with Crippen molar-refractivity contribution in [1.82, 2.24) is 5.32 Å². The molecule has 9 nitrogen and oxygen atoms in total. The number of phenols is 1. The average Bonchev–Trinajstić information content (AvgIpc) is 2.96. The van der Waals surface area contributed by atoms with E-state index < -0.39 is 16.8 Å². The van der Waals surface area contributed by atoms with E-state index in [1.54, 1.807) is 6.08 Å². The second-order valence-corrected chi connectivity index (χ2v) is 6.37. The lowest BCUT2D eigenvalue weighted by atomic mass is 10.2. The maximum absolute atomic E-state index is 12.1. The van der Waals surface area contributed by atoms with Gasteiger partial charge in [0.05, 0.1) is 21.1 Å². The van der Waals surface area contributed by atoms with Crippen LogP contribution in [0.4, 0.5) is 11.4 Å². The average molecular weight is 385 g/mol. The molecule has 136 valence electrons. The van der Waals surface area contributed by atoms with Crippen molar-refractivity contribution in [2.24, 2.45) is 4.99 Å². The molecule has 1 aliphatic rings. The van der Waals surface area contributed by atoms with Crippen LogP contribution in [0.15, 0.2) is 52.4 Å². The second kappa shape index (κ2) is 7.30. The van der Waals surface area contributed by atoms with Gasteiger partial charge in [0.1, 0.15) is 5.75 Å². The van der Waals surface area contributed by atoms with Crippen molar-refractivity contribution in [3.8, 4) is 5.75 Å². The summed E-state index contributed by atoms with van der Waals surface area (Å²) < 4.78 is 0. The van der Waals surface area contributed by atoms with Crippen LogP contribution in [0.3, 0.4) is 0 Å². The Labute approximate surface area is 156 Å². The van der Waals surface area contributed by atoms with Gasteiger partial charge in [-0.2, -0.15) is 0 Å². The fraction of sp³-hybridized carbons (Fsp3) is 0. The number of nitro benzene ring substituents is 1. The van der Waals surface area contributed by atoms with E-state index in [0.717, 1.165) is 17.8 Å². The molecule has 0 bridgehead atoms. The number of benzene rings is 2. The van der Waals surface area contributed by atoms with E-state index in [1.807, 2.05) is 0 Å². The molecule has 3 N–H and O–H groups in total. The highest BCUT2D eigenvalue weighted by Gasteiger charge is 2.24. The molecule has 1 fully saturated rings. The molecule has 0 spiro atoms. The van der Waals surface area contributed by atoms with Crippen molar-refractivity contribution in [2.75, 3.05) is 0 Å². The lowest BCUT2D eigenvalue weighted by molar-refractivity contribution is -0.384. The predicted octanol–water partition coefficient (Wildman–Crippen LogP) is 2.89. The van der Waals surface area contributed by atoms with E-state index in [1.165, 1.54) is 36.4 Å². The molecule has 0 unspecified atom stereocenters. The molecule has 3 rings (SSSR count). The molecule has 1 saturated heterocycles. The first kappa shape index (κ1) is 18.1. The van der Waals surface area contributed by atoms with Crippen molar-refractivity contribution in [1.29, 1.82) is 0 Å². The molecule has 2 aromatic carbocycles. The van der Waals surface area contributed by atoms with Crippen LogP contribution in [0, 0.1) is 10.1 Å². The maximum atomic E-state index is 12.1. The molecule has 10 heteroatoms. The number of non-ortho nitro benzene ring substituents is 1. The molecule has 0 saturated carbocycles. The zero-order chi connectivity index (χ0) is 19.6. The Hall–Kier alpha value is -3.66. The number of nitrogens with one attached hydrogen (secondary N) is 1. The number of amides is 1. The van der Waals surface area contributed by atoms with Crippen LogP contribution in [-0.4, -0.2) is 32.2 Å². The first-order valence-electron chi connectivity index (χ1n) is 7.44.